The molecular formula is C5H6N2O2S. The van der Waals surface area contributed by atoms with Gasteiger partial charge in [0.2, 0.25) is 0 Å². The fraction of sp³-hybridized carbons (Fsp3) is 0.400. The SMILES string of the molecule is Cc1nc(C)c([N+](=O)[O-])s1. The van der Waals surface area contributed by atoms with E-state index in [0.717, 1.165) is 16.3 Å². The second-order valence-electron chi connectivity index (χ2n) is 1.88. The molecule has 0 aromatic carbocycles. The summed E-state index contributed by atoms with van der Waals surface area (Å²) < 4.78 is 0. The fourth-order valence-electron chi connectivity index (χ4n) is 0.690. The zero-order chi connectivity index (χ0) is 7.72. The van der Waals surface area contributed by atoms with Crippen LogP contribution in [0, 0.1) is 24.0 Å². The first-order valence-corrected chi connectivity index (χ1v) is 3.51. The molecule has 10 heavy (non-hydrogen) atoms. The van der Waals surface area contributed by atoms with Crippen molar-refractivity contribution >= 4 is 16.3 Å². The summed E-state index contributed by atoms with van der Waals surface area (Å²) in [5.41, 5.74) is 0.507. The summed E-state index contributed by atoms with van der Waals surface area (Å²) in [5.74, 6) is 0. The normalized spacial score (nSPS) is 9.80. The molecule has 0 radical (unpaired) electrons. The maximum Gasteiger partial charge on any atom is 0.346 e. The number of rotatable bonds is 1. The molecule has 0 aliphatic carbocycles. The van der Waals surface area contributed by atoms with Gasteiger partial charge in [0, 0.05) is 0 Å². The lowest BCUT2D eigenvalue weighted by Crippen LogP contribution is -1.85. The van der Waals surface area contributed by atoms with Gasteiger partial charge in [0.15, 0.2) is 0 Å². The Kier molecular flexibility index (Phi) is 1.67. The number of hydrogen-bond donors (Lipinski definition) is 0. The second-order valence-corrected chi connectivity index (χ2v) is 3.06. The summed E-state index contributed by atoms with van der Waals surface area (Å²) >= 11 is 1.11. The van der Waals surface area contributed by atoms with Crippen molar-refractivity contribution < 1.29 is 4.92 Å². The molecule has 1 aromatic heterocycles. The molecule has 0 N–H and O–H groups in total. The first-order valence-electron chi connectivity index (χ1n) is 2.69. The molecule has 1 rings (SSSR count). The van der Waals surface area contributed by atoms with Crippen LogP contribution in [0.25, 0.3) is 0 Å². The average Bonchev–Trinajstić information content (AvgIpc) is 2.10. The summed E-state index contributed by atoms with van der Waals surface area (Å²) in [5, 5.41) is 11.1. The highest BCUT2D eigenvalue weighted by Crippen LogP contribution is 2.24. The van der Waals surface area contributed by atoms with Crippen LogP contribution in [0.4, 0.5) is 5.00 Å². The van der Waals surface area contributed by atoms with E-state index in [9.17, 15) is 10.1 Å². The number of thiazole rings is 1. The van der Waals surface area contributed by atoms with E-state index in [-0.39, 0.29) is 5.00 Å². The molecule has 5 heteroatoms. The van der Waals surface area contributed by atoms with Crippen molar-refractivity contribution in [1.82, 2.24) is 4.98 Å². The van der Waals surface area contributed by atoms with Gasteiger partial charge < -0.3 is 0 Å². The highest BCUT2D eigenvalue weighted by Gasteiger charge is 2.14. The van der Waals surface area contributed by atoms with Crippen molar-refractivity contribution in [3.63, 3.8) is 0 Å². The van der Waals surface area contributed by atoms with E-state index in [1.165, 1.54) is 0 Å². The van der Waals surface area contributed by atoms with Gasteiger partial charge in [-0.1, -0.05) is 0 Å². The van der Waals surface area contributed by atoms with E-state index >= 15 is 0 Å². The van der Waals surface area contributed by atoms with Crippen LogP contribution in [-0.4, -0.2) is 9.91 Å². The third-order valence-corrected chi connectivity index (χ3v) is 2.07. The van der Waals surface area contributed by atoms with E-state index in [0.29, 0.717) is 5.69 Å². The summed E-state index contributed by atoms with van der Waals surface area (Å²) in [6, 6.07) is 0. The molecule has 0 bridgehead atoms. The standard InChI is InChI=1S/C5H6N2O2S/c1-3-5(7(8)9)10-4(2)6-3/h1-2H3. The zero-order valence-corrected chi connectivity index (χ0v) is 6.44. The summed E-state index contributed by atoms with van der Waals surface area (Å²) in [4.78, 5) is 13.7. The van der Waals surface area contributed by atoms with Gasteiger partial charge in [0.1, 0.15) is 5.69 Å². The van der Waals surface area contributed by atoms with Crippen molar-refractivity contribution in [3.8, 4) is 0 Å². The number of aryl methyl sites for hydroxylation is 2. The summed E-state index contributed by atoms with van der Waals surface area (Å²) in [6.07, 6.45) is 0. The summed E-state index contributed by atoms with van der Waals surface area (Å²) in [6.45, 7) is 3.40. The van der Waals surface area contributed by atoms with Crippen LogP contribution < -0.4 is 0 Å². The minimum atomic E-state index is -0.403. The largest absolute Gasteiger partial charge is 0.346 e. The van der Waals surface area contributed by atoms with Gasteiger partial charge in [0.05, 0.1) is 9.93 Å². The molecule has 4 nitrogen and oxygen atoms in total. The molecule has 1 aromatic rings. The molecule has 0 atom stereocenters. The Morgan fingerprint density at radius 2 is 2.20 bits per heavy atom. The number of nitro groups is 1. The van der Waals surface area contributed by atoms with Gasteiger partial charge in [-0.25, -0.2) is 4.98 Å². The Bertz CT molecular complexity index is 269. The molecule has 0 saturated carbocycles. The van der Waals surface area contributed by atoms with Gasteiger partial charge >= 0.3 is 5.00 Å². The highest BCUT2D eigenvalue weighted by atomic mass is 32.1. The second kappa shape index (κ2) is 2.34. The Balaban J connectivity index is 3.15. The van der Waals surface area contributed by atoms with Crippen LogP contribution >= 0.6 is 11.3 Å². The lowest BCUT2D eigenvalue weighted by Gasteiger charge is -1.81. The molecule has 0 unspecified atom stereocenters. The molecule has 54 valence electrons. The minimum absolute atomic E-state index is 0.150. The Labute approximate surface area is 61.7 Å². The van der Waals surface area contributed by atoms with E-state index < -0.39 is 4.92 Å². The smallest absolute Gasteiger partial charge is 0.257 e. The third kappa shape index (κ3) is 1.13. The van der Waals surface area contributed by atoms with Crippen molar-refractivity contribution in [2.45, 2.75) is 13.8 Å². The van der Waals surface area contributed by atoms with Gasteiger partial charge in [-0.15, -0.1) is 0 Å². The molecule has 0 aliphatic heterocycles. The average molecular weight is 158 g/mol. The first kappa shape index (κ1) is 7.14. The van der Waals surface area contributed by atoms with Crippen LogP contribution in [0.3, 0.4) is 0 Å². The van der Waals surface area contributed by atoms with Crippen LogP contribution in [-0.2, 0) is 0 Å². The molecule has 0 amide bonds. The predicted molar refractivity (Wildman–Crippen MR) is 38.2 cm³/mol. The zero-order valence-electron chi connectivity index (χ0n) is 5.62. The summed E-state index contributed by atoms with van der Waals surface area (Å²) in [7, 11) is 0. The third-order valence-electron chi connectivity index (χ3n) is 1.04. The van der Waals surface area contributed by atoms with Gasteiger partial charge in [-0.2, -0.15) is 0 Å². The Morgan fingerprint density at radius 3 is 2.40 bits per heavy atom. The number of nitrogens with zero attached hydrogens (tertiary/aromatic N) is 2. The first-order chi connectivity index (χ1) is 4.61. The molecule has 0 spiro atoms. The monoisotopic (exact) mass is 158 g/mol. The van der Waals surface area contributed by atoms with Crippen LogP contribution in [0.5, 0.6) is 0 Å². The van der Waals surface area contributed by atoms with E-state index in [1.54, 1.807) is 13.8 Å². The Morgan fingerprint density at radius 1 is 1.60 bits per heavy atom. The molecule has 0 aliphatic rings. The minimum Gasteiger partial charge on any atom is -0.257 e. The maximum absolute atomic E-state index is 10.2. The van der Waals surface area contributed by atoms with Crippen molar-refractivity contribution in [2.75, 3.05) is 0 Å². The fourth-order valence-corrected chi connectivity index (χ4v) is 1.42. The maximum atomic E-state index is 10.2. The van der Waals surface area contributed by atoms with Crippen molar-refractivity contribution in [3.05, 3.63) is 20.8 Å². The van der Waals surface area contributed by atoms with E-state index in [1.807, 2.05) is 0 Å². The van der Waals surface area contributed by atoms with Crippen LogP contribution in [0.1, 0.15) is 10.7 Å². The quantitative estimate of drug-likeness (QED) is 0.461. The molecule has 0 saturated heterocycles. The Hall–Kier alpha value is -0.970. The highest BCUT2D eigenvalue weighted by molar-refractivity contribution is 7.15. The van der Waals surface area contributed by atoms with E-state index in [4.69, 9.17) is 0 Å². The number of aromatic nitrogens is 1. The topological polar surface area (TPSA) is 56.0 Å². The van der Waals surface area contributed by atoms with Gasteiger partial charge in [0.25, 0.3) is 0 Å². The number of hydrogen-bond acceptors (Lipinski definition) is 4. The molecular weight excluding hydrogens is 152 g/mol. The molecule has 1 heterocycles. The van der Waals surface area contributed by atoms with Crippen LogP contribution in [0.15, 0.2) is 0 Å². The van der Waals surface area contributed by atoms with E-state index in [2.05, 4.69) is 4.98 Å². The lowest BCUT2D eigenvalue weighted by atomic mass is 10.5. The van der Waals surface area contributed by atoms with Crippen molar-refractivity contribution in [2.24, 2.45) is 0 Å². The van der Waals surface area contributed by atoms with Crippen LogP contribution in [0.2, 0.25) is 0 Å². The van der Waals surface area contributed by atoms with Crippen molar-refractivity contribution in [1.29, 1.82) is 0 Å². The molecule has 0 fully saturated rings. The predicted octanol–water partition coefficient (Wildman–Crippen LogP) is 1.67. The van der Waals surface area contributed by atoms with Gasteiger partial charge in [-0.3, -0.25) is 10.1 Å². The lowest BCUT2D eigenvalue weighted by molar-refractivity contribution is -0.380. The van der Waals surface area contributed by atoms with Gasteiger partial charge in [-0.05, 0) is 25.2 Å².